The van der Waals surface area contributed by atoms with Gasteiger partial charge in [0.1, 0.15) is 11.6 Å². The summed E-state index contributed by atoms with van der Waals surface area (Å²) in [7, 11) is -7.43. The number of carbonyl (C=O) groups excluding carboxylic acids is 1. The topological polar surface area (TPSA) is 97.4 Å². The number of benzene rings is 2. The van der Waals surface area contributed by atoms with Gasteiger partial charge in [-0.3, -0.25) is 4.79 Å². The highest BCUT2D eigenvalue weighted by atomic mass is 32.2. The molecule has 2 aromatic carbocycles. The summed E-state index contributed by atoms with van der Waals surface area (Å²) in [5, 5.41) is 1.40. The van der Waals surface area contributed by atoms with Gasteiger partial charge in [-0.25, -0.2) is 25.6 Å². The fourth-order valence-electron chi connectivity index (χ4n) is 3.12. The molecule has 1 N–H and O–H groups in total. The molecule has 0 spiro atoms. The van der Waals surface area contributed by atoms with Crippen LogP contribution < -0.4 is 5.32 Å². The van der Waals surface area contributed by atoms with Crippen molar-refractivity contribution in [2.75, 3.05) is 18.1 Å². The zero-order valence-corrected chi connectivity index (χ0v) is 16.9. The van der Waals surface area contributed by atoms with E-state index in [0.29, 0.717) is 6.42 Å². The Morgan fingerprint density at radius 2 is 1.79 bits per heavy atom. The molecule has 1 aliphatic heterocycles. The van der Waals surface area contributed by atoms with Crippen molar-refractivity contribution >= 4 is 25.6 Å². The van der Waals surface area contributed by atoms with Crippen molar-refractivity contribution in [1.29, 1.82) is 0 Å². The Kier molecular flexibility index (Phi) is 6.04. The third-order valence-electron chi connectivity index (χ3n) is 4.75. The van der Waals surface area contributed by atoms with Crippen LogP contribution in [0.2, 0.25) is 0 Å². The van der Waals surface area contributed by atoms with Gasteiger partial charge in [-0.15, -0.1) is 0 Å². The predicted molar refractivity (Wildman–Crippen MR) is 103 cm³/mol. The van der Waals surface area contributed by atoms with Crippen molar-refractivity contribution < 1.29 is 30.4 Å². The summed E-state index contributed by atoms with van der Waals surface area (Å²) in [4.78, 5) is 12.0. The molecule has 0 aliphatic carbocycles. The van der Waals surface area contributed by atoms with Crippen LogP contribution >= 0.6 is 0 Å². The van der Waals surface area contributed by atoms with Crippen molar-refractivity contribution in [1.82, 2.24) is 5.32 Å². The van der Waals surface area contributed by atoms with Gasteiger partial charge in [0.05, 0.1) is 27.2 Å². The molecule has 10 heteroatoms. The molecule has 156 valence electrons. The molecule has 0 unspecified atom stereocenters. The fraction of sp³-hybridized carbons (Fsp3) is 0.316. The van der Waals surface area contributed by atoms with Gasteiger partial charge in [-0.05, 0) is 48.7 Å². The number of amides is 1. The Morgan fingerprint density at radius 1 is 1.10 bits per heavy atom. The molecule has 1 aliphatic rings. The first-order chi connectivity index (χ1) is 13.6. The quantitative estimate of drug-likeness (QED) is 0.688. The van der Waals surface area contributed by atoms with Gasteiger partial charge >= 0.3 is 0 Å². The van der Waals surface area contributed by atoms with Crippen LogP contribution in [0, 0.1) is 11.6 Å². The average Bonchev–Trinajstić information content (AvgIpc) is 3.04. The van der Waals surface area contributed by atoms with E-state index in [-0.39, 0.29) is 29.4 Å². The van der Waals surface area contributed by atoms with E-state index in [9.17, 15) is 30.4 Å². The van der Waals surface area contributed by atoms with Crippen molar-refractivity contribution in [3.05, 3.63) is 65.2 Å². The Bertz CT molecular complexity index is 1130. The smallest absolute Gasteiger partial charge is 0.254 e. The van der Waals surface area contributed by atoms with E-state index in [0.717, 1.165) is 23.8 Å². The third kappa shape index (κ3) is 4.99. The van der Waals surface area contributed by atoms with E-state index in [1.54, 1.807) is 12.1 Å². The van der Waals surface area contributed by atoms with Gasteiger partial charge in [-0.2, -0.15) is 0 Å². The van der Waals surface area contributed by atoms with Gasteiger partial charge in [0.15, 0.2) is 19.7 Å². The maximum absolute atomic E-state index is 14.1. The summed E-state index contributed by atoms with van der Waals surface area (Å²) in [5.41, 5.74) is 0.331. The first-order valence-electron chi connectivity index (χ1n) is 8.85. The van der Waals surface area contributed by atoms with E-state index in [1.165, 1.54) is 12.1 Å². The van der Waals surface area contributed by atoms with Crippen molar-refractivity contribution in [3.8, 4) is 0 Å². The molecule has 1 fully saturated rings. The van der Waals surface area contributed by atoms with Gasteiger partial charge in [0, 0.05) is 6.54 Å². The van der Waals surface area contributed by atoms with Gasteiger partial charge in [0.2, 0.25) is 0 Å². The number of hydrogen-bond acceptors (Lipinski definition) is 5. The largest absolute Gasteiger partial charge is 0.352 e. The Balaban J connectivity index is 1.72. The number of sulfone groups is 2. The Morgan fingerprint density at radius 3 is 2.41 bits per heavy atom. The number of rotatable bonds is 6. The lowest BCUT2D eigenvalue weighted by molar-refractivity contribution is 0.0950. The second-order valence-electron chi connectivity index (χ2n) is 6.84. The molecule has 0 bridgehead atoms. The highest BCUT2D eigenvalue weighted by Gasteiger charge is 2.38. The van der Waals surface area contributed by atoms with Crippen LogP contribution in [-0.2, 0) is 26.1 Å². The zero-order chi connectivity index (χ0) is 21.2. The predicted octanol–water partition coefficient (Wildman–Crippen LogP) is 1.90. The number of carbonyl (C=O) groups is 1. The maximum Gasteiger partial charge on any atom is 0.254 e. The van der Waals surface area contributed by atoms with E-state index in [1.807, 2.05) is 0 Å². The molecule has 2 aromatic rings. The summed E-state index contributed by atoms with van der Waals surface area (Å²) in [6, 6.07) is 8.54. The first kappa shape index (κ1) is 21.4. The van der Waals surface area contributed by atoms with Crippen molar-refractivity contribution in [2.24, 2.45) is 0 Å². The van der Waals surface area contributed by atoms with Crippen LogP contribution in [0.1, 0.15) is 22.3 Å². The van der Waals surface area contributed by atoms with Crippen LogP contribution in [0.3, 0.4) is 0 Å². The van der Waals surface area contributed by atoms with Crippen LogP contribution in [0.4, 0.5) is 8.78 Å². The van der Waals surface area contributed by atoms with Crippen molar-refractivity contribution in [2.45, 2.75) is 23.0 Å². The second-order valence-corrected chi connectivity index (χ2v) is 11.3. The lowest BCUT2D eigenvalue weighted by Gasteiger charge is -2.12. The van der Waals surface area contributed by atoms with E-state index in [4.69, 9.17) is 0 Å². The normalized spacial score (nSPS) is 18.5. The molecule has 0 saturated carbocycles. The van der Waals surface area contributed by atoms with Gasteiger partial charge < -0.3 is 5.32 Å². The molecule has 1 atom stereocenters. The summed E-state index contributed by atoms with van der Waals surface area (Å²) in [5.74, 6) is -2.75. The molecule has 3 rings (SSSR count). The van der Waals surface area contributed by atoms with Crippen LogP contribution in [-0.4, -0.2) is 46.0 Å². The lowest BCUT2D eigenvalue weighted by atomic mass is 10.1. The van der Waals surface area contributed by atoms with Gasteiger partial charge in [0.25, 0.3) is 5.91 Å². The molecular formula is C19H19F2NO5S2. The minimum atomic E-state index is -4.01. The van der Waals surface area contributed by atoms with Crippen LogP contribution in [0.25, 0.3) is 0 Å². The first-order valence-corrected chi connectivity index (χ1v) is 12.2. The number of hydrogen-bond donors (Lipinski definition) is 1. The minimum absolute atomic E-state index is 0.0265. The zero-order valence-electron chi connectivity index (χ0n) is 15.3. The highest BCUT2D eigenvalue weighted by molar-refractivity contribution is 7.96. The van der Waals surface area contributed by atoms with Crippen LogP contribution in [0.5, 0.6) is 0 Å². The minimum Gasteiger partial charge on any atom is -0.352 e. The standard InChI is InChI=1S/C19H19F2NO5S2/c20-14-3-1-13(2-4-14)7-9-22-19(23)17-11-15(5-6-18(17)21)29(26,27)16-8-10-28(24,25)12-16/h1-6,11,16H,7-10,12H2,(H,22,23)/t16-/m0/s1. The summed E-state index contributed by atoms with van der Waals surface area (Å²) >= 11 is 0. The SMILES string of the molecule is O=C(NCCc1ccc(F)cc1)c1cc(S(=O)(=O)[C@H]2CCS(=O)(=O)C2)ccc1F. The molecule has 6 nitrogen and oxygen atoms in total. The molecule has 29 heavy (non-hydrogen) atoms. The third-order valence-corrected chi connectivity index (χ3v) is 8.92. The van der Waals surface area contributed by atoms with E-state index >= 15 is 0 Å². The van der Waals surface area contributed by atoms with E-state index in [2.05, 4.69) is 5.32 Å². The lowest BCUT2D eigenvalue weighted by Crippen LogP contribution is -2.27. The fourth-order valence-corrected chi connectivity index (χ4v) is 7.50. The number of nitrogens with one attached hydrogen (secondary N) is 1. The number of halogens is 2. The molecule has 1 saturated heterocycles. The molecule has 0 radical (unpaired) electrons. The summed E-state index contributed by atoms with van der Waals surface area (Å²) in [6.07, 6.45) is 0.354. The molecule has 1 heterocycles. The average molecular weight is 443 g/mol. The summed E-state index contributed by atoms with van der Waals surface area (Å²) < 4.78 is 75.6. The molecule has 0 aromatic heterocycles. The Hall–Kier alpha value is -2.33. The summed E-state index contributed by atoms with van der Waals surface area (Å²) in [6.45, 7) is 0.141. The van der Waals surface area contributed by atoms with Crippen LogP contribution in [0.15, 0.2) is 47.4 Å². The molecular weight excluding hydrogens is 424 g/mol. The monoisotopic (exact) mass is 443 g/mol. The molecule has 1 amide bonds. The highest BCUT2D eigenvalue weighted by Crippen LogP contribution is 2.26. The Labute approximate surface area is 167 Å². The van der Waals surface area contributed by atoms with Gasteiger partial charge in [-0.1, -0.05) is 12.1 Å². The maximum atomic E-state index is 14.1. The second kappa shape index (κ2) is 8.19. The van der Waals surface area contributed by atoms with Crippen molar-refractivity contribution in [3.63, 3.8) is 0 Å². The van der Waals surface area contributed by atoms with E-state index < -0.39 is 48.0 Å².